The molecule has 0 aliphatic carbocycles. The molecule has 0 aliphatic heterocycles. The Morgan fingerprint density at radius 3 is 3.00 bits per heavy atom. The summed E-state index contributed by atoms with van der Waals surface area (Å²) in [6.45, 7) is 2.59. The van der Waals surface area contributed by atoms with Crippen molar-refractivity contribution in [3.8, 4) is 0 Å². The lowest BCUT2D eigenvalue weighted by atomic mass is 10.7. The van der Waals surface area contributed by atoms with Gasteiger partial charge < -0.3 is 0 Å². The van der Waals surface area contributed by atoms with Crippen LogP contribution in [-0.4, -0.2) is 26.3 Å². The van der Waals surface area contributed by atoms with Gasteiger partial charge in [0.1, 0.15) is 6.20 Å². The third-order valence-electron chi connectivity index (χ3n) is 1.43. The molecule has 6 heteroatoms. The highest BCUT2D eigenvalue weighted by Gasteiger charge is 1.96. The predicted octanol–water partition coefficient (Wildman–Crippen LogP) is -0.315. The molecule has 0 radical (unpaired) electrons. The minimum Gasteiger partial charge on any atom is -0.271 e. The Labute approximate surface area is 79.2 Å². The van der Waals surface area contributed by atoms with Crippen LogP contribution in [0, 0.1) is 0 Å². The number of H-pyrrole nitrogens is 1. The van der Waals surface area contributed by atoms with Crippen LogP contribution >= 0.6 is 11.8 Å². The number of thioether (sulfide) groups is 1. The first-order valence-corrected chi connectivity index (χ1v) is 5.13. The monoisotopic (exact) mass is 201 g/mol. The Hall–Kier alpha value is -1.04. The molecule has 5 nitrogen and oxygen atoms in total. The Morgan fingerprint density at radius 1 is 1.62 bits per heavy atom. The molecule has 1 aromatic heterocycles. The number of hydrogen-bond donors (Lipinski definition) is 1. The summed E-state index contributed by atoms with van der Waals surface area (Å²) in [4.78, 5) is 23.9. The normalized spacial score (nSPS) is 10.2. The fourth-order valence-corrected chi connectivity index (χ4v) is 1.42. The molecule has 72 valence electrons. The van der Waals surface area contributed by atoms with Crippen molar-refractivity contribution in [2.75, 3.05) is 11.5 Å². The summed E-state index contributed by atoms with van der Waals surface area (Å²) < 4.78 is 1.25. The Kier molecular flexibility index (Phi) is 3.75. The van der Waals surface area contributed by atoms with Gasteiger partial charge in [-0.05, 0) is 5.75 Å². The Balaban J connectivity index is 2.67. The number of nitrogens with zero attached hydrogens (tertiary/aromatic N) is 2. The van der Waals surface area contributed by atoms with E-state index in [0.29, 0.717) is 6.54 Å². The maximum atomic E-state index is 11.1. The molecular weight excluding hydrogens is 190 g/mol. The number of aromatic amines is 1. The van der Waals surface area contributed by atoms with Crippen molar-refractivity contribution in [3.05, 3.63) is 27.0 Å². The molecule has 0 aromatic carbocycles. The average molecular weight is 201 g/mol. The molecule has 0 saturated carbocycles. The van der Waals surface area contributed by atoms with E-state index in [-0.39, 0.29) is 0 Å². The lowest BCUT2D eigenvalue weighted by Crippen LogP contribution is -2.32. The molecule has 0 fully saturated rings. The van der Waals surface area contributed by atoms with E-state index in [0.717, 1.165) is 17.7 Å². The molecule has 0 atom stereocenters. The quantitative estimate of drug-likeness (QED) is 0.678. The van der Waals surface area contributed by atoms with E-state index < -0.39 is 11.2 Å². The van der Waals surface area contributed by atoms with Crippen LogP contribution in [0.25, 0.3) is 0 Å². The minimum absolute atomic E-state index is 0.441. The van der Waals surface area contributed by atoms with Gasteiger partial charge in [-0.15, -0.1) is 0 Å². The van der Waals surface area contributed by atoms with Crippen molar-refractivity contribution in [2.45, 2.75) is 13.5 Å². The van der Waals surface area contributed by atoms with Crippen LogP contribution in [0.4, 0.5) is 0 Å². The van der Waals surface area contributed by atoms with Crippen LogP contribution in [0.15, 0.2) is 15.8 Å². The molecule has 1 rings (SSSR count). The molecule has 0 spiro atoms. The predicted molar refractivity (Wildman–Crippen MR) is 52.1 cm³/mol. The van der Waals surface area contributed by atoms with E-state index in [1.807, 2.05) is 6.92 Å². The van der Waals surface area contributed by atoms with Gasteiger partial charge in [0, 0.05) is 5.75 Å². The highest BCUT2D eigenvalue weighted by molar-refractivity contribution is 7.99. The van der Waals surface area contributed by atoms with Crippen molar-refractivity contribution in [1.29, 1.82) is 0 Å². The van der Waals surface area contributed by atoms with Crippen LogP contribution in [0.1, 0.15) is 6.92 Å². The van der Waals surface area contributed by atoms with Crippen LogP contribution in [0.3, 0.4) is 0 Å². The van der Waals surface area contributed by atoms with E-state index in [1.165, 1.54) is 4.68 Å². The highest BCUT2D eigenvalue weighted by atomic mass is 32.2. The van der Waals surface area contributed by atoms with Crippen molar-refractivity contribution >= 4 is 11.8 Å². The van der Waals surface area contributed by atoms with E-state index in [9.17, 15) is 9.59 Å². The first-order valence-electron chi connectivity index (χ1n) is 3.98. The SMILES string of the molecule is CCSCCn1ncc(=O)[nH]c1=O. The second-order valence-corrected chi connectivity index (χ2v) is 3.75. The zero-order valence-corrected chi connectivity index (χ0v) is 8.13. The number of rotatable bonds is 4. The van der Waals surface area contributed by atoms with Gasteiger partial charge in [0.15, 0.2) is 0 Å². The van der Waals surface area contributed by atoms with Gasteiger partial charge >= 0.3 is 5.69 Å². The molecule has 0 bridgehead atoms. The fraction of sp³-hybridized carbons (Fsp3) is 0.571. The molecule has 1 heterocycles. The molecule has 0 aliphatic rings. The average Bonchev–Trinajstić information content (AvgIpc) is 2.09. The molecule has 0 unspecified atom stereocenters. The second kappa shape index (κ2) is 4.86. The van der Waals surface area contributed by atoms with Gasteiger partial charge in [0.2, 0.25) is 0 Å². The van der Waals surface area contributed by atoms with Gasteiger partial charge in [-0.1, -0.05) is 6.92 Å². The first-order chi connectivity index (χ1) is 6.24. The molecule has 1 aromatic rings. The summed E-state index contributed by atoms with van der Waals surface area (Å²) in [6, 6.07) is 0. The maximum Gasteiger partial charge on any atom is 0.344 e. The fourth-order valence-electron chi connectivity index (χ4n) is 0.831. The van der Waals surface area contributed by atoms with Gasteiger partial charge in [-0.25, -0.2) is 9.48 Å². The highest BCUT2D eigenvalue weighted by Crippen LogP contribution is 1.96. The zero-order valence-electron chi connectivity index (χ0n) is 7.32. The van der Waals surface area contributed by atoms with Crippen LogP contribution in [-0.2, 0) is 6.54 Å². The second-order valence-electron chi connectivity index (χ2n) is 2.36. The van der Waals surface area contributed by atoms with Crippen molar-refractivity contribution < 1.29 is 0 Å². The summed E-state index contributed by atoms with van der Waals surface area (Å²) in [7, 11) is 0. The Bertz CT molecular complexity index is 370. The topological polar surface area (TPSA) is 67.8 Å². The van der Waals surface area contributed by atoms with Gasteiger partial charge in [0.25, 0.3) is 5.56 Å². The summed E-state index contributed by atoms with van der Waals surface area (Å²) in [5.74, 6) is 1.84. The number of nitrogens with one attached hydrogen (secondary N) is 1. The minimum atomic E-state index is -0.454. The van der Waals surface area contributed by atoms with Crippen LogP contribution in [0.2, 0.25) is 0 Å². The summed E-state index contributed by atoms with van der Waals surface area (Å²) in [5.41, 5.74) is -0.895. The number of aryl methyl sites for hydroxylation is 1. The van der Waals surface area contributed by atoms with Crippen molar-refractivity contribution in [2.24, 2.45) is 0 Å². The van der Waals surface area contributed by atoms with Gasteiger partial charge in [-0.3, -0.25) is 9.78 Å². The smallest absolute Gasteiger partial charge is 0.271 e. The summed E-state index contributed by atoms with van der Waals surface area (Å²) in [6.07, 6.45) is 1.11. The van der Waals surface area contributed by atoms with Crippen LogP contribution < -0.4 is 11.2 Å². The van der Waals surface area contributed by atoms with Gasteiger partial charge in [0.05, 0.1) is 6.54 Å². The Morgan fingerprint density at radius 2 is 2.38 bits per heavy atom. The first kappa shape index (κ1) is 10.0. The maximum absolute atomic E-state index is 11.1. The largest absolute Gasteiger partial charge is 0.344 e. The van der Waals surface area contributed by atoms with E-state index in [2.05, 4.69) is 10.1 Å². The molecule has 0 amide bonds. The van der Waals surface area contributed by atoms with E-state index in [4.69, 9.17) is 0 Å². The standard InChI is InChI=1S/C7H11N3O2S/c1-2-13-4-3-10-7(12)9-6(11)5-8-10/h5H,2-4H2,1H3,(H,9,11,12). The van der Waals surface area contributed by atoms with Crippen molar-refractivity contribution in [1.82, 2.24) is 14.8 Å². The summed E-state index contributed by atoms with van der Waals surface area (Å²) >= 11 is 1.72. The molecular formula is C7H11N3O2S. The van der Waals surface area contributed by atoms with E-state index >= 15 is 0 Å². The third kappa shape index (κ3) is 3.06. The molecule has 1 N–H and O–H groups in total. The lowest BCUT2D eigenvalue weighted by molar-refractivity contribution is 0.592. The summed E-state index contributed by atoms with van der Waals surface area (Å²) in [5, 5.41) is 3.70. The van der Waals surface area contributed by atoms with Crippen molar-refractivity contribution in [3.63, 3.8) is 0 Å². The third-order valence-corrected chi connectivity index (χ3v) is 2.31. The molecule has 13 heavy (non-hydrogen) atoms. The number of aromatic nitrogens is 3. The molecule has 0 saturated heterocycles. The van der Waals surface area contributed by atoms with Gasteiger partial charge in [-0.2, -0.15) is 16.9 Å². The lowest BCUT2D eigenvalue weighted by Gasteiger charge is -2.00. The zero-order chi connectivity index (χ0) is 9.68. The number of hydrogen-bond acceptors (Lipinski definition) is 4. The van der Waals surface area contributed by atoms with E-state index in [1.54, 1.807) is 11.8 Å². The van der Waals surface area contributed by atoms with Crippen LogP contribution in [0.5, 0.6) is 0 Å².